The first kappa shape index (κ1) is 10.9. The van der Waals surface area contributed by atoms with Gasteiger partial charge in [-0.3, -0.25) is 0 Å². The summed E-state index contributed by atoms with van der Waals surface area (Å²) in [5.41, 5.74) is 0.660. The number of benzene rings is 2. The van der Waals surface area contributed by atoms with Crippen molar-refractivity contribution in [1.29, 1.82) is 0 Å². The molecule has 0 aromatic heterocycles. The quantitative estimate of drug-likeness (QED) is 0.799. The summed E-state index contributed by atoms with van der Waals surface area (Å²) in [7, 11) is 0. The summed E-state index contributed by atoms with van der Waals surface area (Å²) in [6.45, 7) is 0. The van der Waals surface area contributed by atoms with Crippen molar-refractivity contribution in [2.75, 3.05) is 0 Å². The van der Waals surface area contributed by atoms with Gasteiger partial charge in [0.15, 0.2) is 11.6 Å². The van der Waals surface area contributed by atoms with Crippen molar-refractivity contribution in [2.45, 2.75) is 0 Å². The molecule has 0 radical (unpaired) electrons. The largest absolute Gasteiger partial charge is 0.505 e. The third-order valence-corrected chi connectivity index (χ3v) is 2.42. The number of aromatic hydroxyl groups is 1. The van der Waals surface area contributed by atoms with Gasteiger partial charge >= 0.3 is 0 Å². The summed E-state index contributed by atoms with van der Waals surface area (Å²) in [6, 6.07) is 7.81. The third kappa shape index (κ3) is 1.99. The van der Waals surface area contributed by atoms with E-state index in [0.717, 1.165) is 12.1 Å². The first-order valence-electron chi connectivity index (χ1n) is 4.52. The molecule has 16 heavy (non-hydrogen) atoms. The lowest BCUT2D eigenvalue weighted by Gasteiger charge is -2.04. The lowest BCUT2D eigenvalue weighted by molar-refractivity contribution is 0.432. The van der Waals surface area contributed by atoms with Crippen LogP contribution < -0.4 is 0 Å². The minimum atomic E-state index is -0.738. The predicted molar refractivity (Wildman–Crippen MR) is 58.5 cm³/mol. The molecule has 0 unspecified atom stereocenters. The maximum atomic E-state index is 13.5. The molecule has 0 saturated heterocycles. The molecule has 0 saturated carbocycles. The van der Waals surface area contributed by atoms with E-state index in [0.29, 0.717) is 5.56 Å². The van der Waals surface area contributed by atoms with Gasteiger partial charge in [0.1, 0.15) is 5.82 Å². The second-order valence-electron chi connectivity index (χ2n) is 3.29. The zero-order chi connectivity index (χ0) is 11.7. The average molecular weight is 241 g/mol. The number of phenolic OH excluding ortho intramolecular Hbond substituents is 1. The molecule has 0 bridgehead atoms. The monoisotopic (exact) mass is 240 g/mol. The topological polar surface area (TPSA) is 20.2 Å². The van der Waals surface area contributed by atoms with E-state index in [4.69, 9.17) is 11.6 Å². The Bertz CT molecular complexity index is 541. The summed E-state index contributed by atoms with van der Waals surface area (Å²) < 4.78 is 26.3. The van der Waals surface area contributed by atoms with E-state index in [1.165, 1.54) is 24.3 Å². The maximum Gasteiger partial charge on any atom is 0.164 e. The van der Waals surface area contributed by atoms with Crippen LogP contribution in [0.5, 0.6) is 5.75 Å². The highest BCUT2D eigenvalue weighted by atomic mass is 35.5. The molecule has 0 heterocycles. The SMILES string of the molecule is Oc1cc(-c2ccc(Cl)cc2F)ccc1F. The van der Waals surface area contributed by atoms with E-state index < -0.39 is 17.4 Å². The van der Waals surface area contributed by atoms with Crippen molar-refractivity contribution in [1.82, 2.24) is 0 Å². The highest BCUT2D eigenvalue weighted by Gasteiger charge is 2.08. The van der Waals surface area contributed by atoms with Crippen LogP contribution in [0.25, 0.3) is 11.1 Å². The Morgan fingerprint density at radius 2 is 1.69 bits per heavy atom. The van der Waals surface area contributed by atoms with Crippen LogP contribution in [0.2, 0.25) is 5.02 Å². The Kier molecular flexibility index (Phi) is 2.79. The lowest BCUT2D eigenvalue weighted by Crippen LogP contribution is -1.85. The van der Waals surface area contributed by atoms with Crippen LogP contribution in [0.3, 0.4) is 0 Å². The van der Waals surface area contributed by atoms with Gasteiger partial charge in [0.25, 0.3) is 0 Å². The van der Waals surface area contributed by atoms with E-state index in [1.807, 2.05) is 0 Å². The van der Waals surface area contributed by atoms with E-state index in [2.05, 4.69) is 0 Å². The standard InChI is InChI=1S/C12H7ClF2O/c13-8-2-3-9(11(15)6-8)7-1-4-10(14)12(16)5-7/h1-6,16H. The van der Waals surface area contributed by atoms with Crippen molar-refractivity contribution in [3.05, 3.63) is 53.1 Å². The molecule has 0 fully saturated rings. The van der Waals surface area contributed by atoms with Gasteiger partial charge in [0, 0.05) is 10.6 Å². The van der Waals surface area contributed by atoms with Gasteiger partial charge in [-0.05, 0) is 35.9 Å². The Labute approximate surface area is 95.9 Å². The zero-order valence-corrected chi connectivity index (χ0v) is 8.80. The molecule has 0 amide bonds. The molecule has 4 heteroatoms. The van der Waals surface area contributed by atoms with Crippen molar-refractivity contribution >= 4 is 11.6 Å². The Morgan fingerprint density at radius 3 is 2.31 bits per heavy atom. The number of phenols is 1. The average Bonchev–Trinajstić information content (AvgIpc) is 2.22. The van der Waals surface area contributed by atoms with Crippen molar-refractivity contribution in [3.63, 3.8) is 0 Å². The lowest BCUT2D eigenvalue weighted by atomic mass is 10.0. The molecular formula is C12H7ClF2O. The van der Waals surface area contributed by atoms with Crippen LogP contribution in [0.4, 0.5) is 8.78 Å². The van der Waals surface area contributed by atoms with Crippen molar-refractivity contribution in [2.24, 2.45) is 0 Å². The number of halogens is 3. The molecule has 1 N–H and O–H groups in total. The van der Waals surface area contributed by atoms with Gasteiger partial charge in [-0.2, -0.15) is 0 Å². The number of rotatable bonds is 1. The molecule has 1 nitrogen and oxygen atoms in total. The highest BCUT2D eigenvalue weighted by Crippen LogP contribution is 2.28. The van der Waals surface area contributed by atoms with Gasteiger partial charge < -0.3 is 5.11 Å². The van der Waals surface area contributed by atoms with Crippen LogP contribution in [-0.2, 0) is 0 Å². The van der Waals surface area contributed by atoms with Crippen molar-refractivity contribution < 1.29 is 13.9 Å². The molecule has 0 aliphatic rings. The van der Waals surface area contributed by atoms with Crippen molar-refractivity contribution in [3.8, 4) is 16.9 Å². The van der Waals surface area contributed by atoms with Crippen LogP contribution in [-0.4, -0.2) is 5.11 Å². The summed E-state index contributed by atoms with van der Waals surface area (Å²) in [5, 5.41) is 9.47. The van der Waals surface area contributed by atoms with Gasteiger partial charge in [-0.25, -0.2) is 8.78 Å². The van der Waals surface area contributed by atoms with E-state index in [1.54, 1.807) is 0 Å². The number of hydrogen-bond donors (Lipinski definition) is 1. The molecule has 0 aliphatic heterocycles. The van der Waals surface area contributed by atoms with Crippen LogP contribution >= 0.6 is 11.6 Å². The van der Waals surface area contributed by atoms with Gasteiger partial charge in [-0.1, -0.05) is 17.7 Å². The van der Waals surface area contributed by atoms with Gasteiger partial charge in [0.2, 0.25) is 0 Å². The molecule has 82 valence electrons. The first-order chi connectivity index (χ1) is 7.58. The molecule has 0 spiro atoms. The second-order valence-corrected chi connectivity index (χ2v) is 3.73. The van der Waals surface area contributed by atoms with E-state index >= 15 is 0 Å². The molecule has 2 aromatic rings. The Hall–Kier alpha value is -1.61. The predicted octanol–water partition coefficient (Wildman–Crippen LogP) is 3.99. The maximum absolute atomic E-state index is 13.5. The zero-order valence-electron chi connectivity index (χ0n) is 8.05. The molecule has 0 aliphatic carbocycles. The normalized spacial score (nSPS) is 10.4. The molecular weight excluding hydrogens is 234 g/mol. The van der Waals surface area contributed by atoms with Crippen LogP contribution in [0, 0.1) is 11.6 Å². The number of hydrogen-bond acceptors (Lipinski definition) is 1. The smallest absolute Gasteiger partial charge is 0.164 e. The molecule has 2 rings (SSSR count). The minimum absolute atomic E-state index is 0.264. The third-order valence-electron chi connectivity index (χ3n) is 2.19. The summed E-state index contributed by atoms with van der Waals surface area (Å²) >= 11 is 5.61. The fourth-order valence-corrected chi connectivity index (χ4v) is 1.56. The highest BCUT2D eigenvalue weighted by molar-refractivity contribution is 6.30. The van der Waals surface area contributed by atoms with Gasteiger partial charge in [0.05, 0.1) is 0 Å². The fraction of sp³-hybridized carbons (Fsp3) is 0. The Morgan fingerprint density at radius 1 is 0.938 bits per heavy atom. The minimum Gasteiger partial charge on any atom is -0.505 e. The molecule has 2 aromatic carbocycles. The van der Waals surface area contributed by atoms with E-state index in [9.17, 15) is 13.9 Å². The second kappa shape index (κ2) is 4.10. The molecule has 0 atom stereocenters. The fourth-order valence-electron chi connectivity index (χ4n) is 1.40. The first-order valence-corrected chi connectivity index (χ1v) is 4.89. The summed E-state index contributed by atoms with van der Waals surface area (Å²) in [6.07, 6.45) is 0. The van der Waals surface area contributed by atoms with E-state index in [-0.39, 0.29) is 10.6 Å². The van der Waals surface area contributed by atoms with Crippen LogP contribution in [0.15, 0.2) is 36.4 Å². The summed E-state index contributed by atoms with van der Waals surface area (Å²) in [5.74, 6) is -1.76. The van der Waals surface area contributed by atoms with Gasteiger partial charge in [-0.15, -0.1) is 0 Å². The summed E-state index contributed by atoms with van der Waals surface area (Å²) in [4.78, 5) is 0. The van der Waals surface area contributed by atoms with Crippen LogP contribution in [0.1, 0.15) is 0 Å². The Balaban J connectivity index is 2.54.